The quantitative estimate of drug-likeness (QED) is 0.563. The van der Waals surface area contributed by atoms with Gasteiger partial charge in [0, 0.05) is 12.6 Å². The summed E-state index contributed by atoms with van der Waals surface area (Å²) in [6, 6.07) is 0.617. The number of hydrogen-bond acceptors (Lipinski definition) is 3. The number of nitrogens with zero attached hydrogens (tertiary/aromatic N) is 1. The van der Waals surface area contributed by atoms with Crippen LogP contribution in [0.1, 0.15) is 39.0 Å². The summed E-state index contributed by atoms with van der Waals surface area (Å²) in [6.45, 7) is 3.84. The molecule has 0 amide bonds. The molecule has 3 N–H and O–H groups in total. The molecule has 0 aromatic rings. The lowest BCUT2D eigenvalue weighted by atomic mass is 9.88. The fraction of sp³-hybridized carbons (Fsp3) is 0.917. The van der Waals surface area contributed by atoms with Crippen LogP contribution in [0.5, 0.6) is 0 Å². The average molecular weight is 225 g/mol. The van der Waals surface area contributed by atoms with Crippen molar-refractivity contribution in [2.45, 2.75) is 57.2 Å². The molecule has 92 valence electrons. The highest BCUT2D eigenvalue weighted by atomic mass is 16.5. The molecule has 3 atom stereocenters. The predicted molar refractivity (Wildman–Crippen MR) is 64.7 cm³/mol. The second-order valence-electron chi connectivity index (χ2n) is 4.88. The van der Waals surface area contributed by atoms with Crippen LogP contribution in [-0.4, -0.2) is 42.1 Å². The van der Waals surface area contributed by atoms with Crippen molar-refractivity contribution in [2.75, 3.05) is 13.2 Å². The van der Waals surface area contributed by atoms with Crippen LogP contribution in [0.4, 0.5) is 0 Å². The van der Waals surface area contributed by atoms with Gasteiger partial charge in [-0.2, -0.15) is 0 Å². The summed E-state index contributed by atoms with van der Waals surface area (Å²) in [5.41, 5.74) is 5.70. The van der Waals surface area contributed by atoms with E-state index < -0.39 is 0 Å². The van der Waals surface area contributed by atoms with Crippen molar-refractivity contribution in [1.29, 1.82) is 5.41 Å². The first-order chi connectivity index (χ1) is 7.74. The molecule has 0 bridgehead atoms. The summed E-state index contributed by atoms with van der Waals surface area (Å²) >= 11 is 0. The van der Waals surface area contributed by atoms with Gasteiger partial charge in [-0.05, 0) is 19.3 Å². The third-order valence-electron chi connectivity index (χ3n) is 3.92. The maximum Gasteiger partial charge on any atom is 0.108 e. The van der Waals surface area contributed by atoms with Crippen LogP contribution >= 0.6 is 0 Å². The van der Waals surface area contributed by atoms with Crippen molar-refractivity contribution < 1.29 is 4.74 Å². The topological polar surface area (TPSA) is 62.3 Å². The van der Waals surface area contributed by atoms with Gasteiger partial charge in [-0.1, -0.05) is 19.8 Å². The molecule has 0 aromatic carbocycles. The van der Waals surface area contributed by atoms with E-state index in [9.17, 15) is 0 Å². The van der Waals surface area contributed by atoms with Crippen LogP contribution in [0, 0.1) is 5.41 Å². The minimum Gasteiger partial charge on any atom is -0.386 e. The van der Waals surface area contributed by atoms with E-state index in [0.717, 1.165) is 19.6 Å². The minimum absolute atomic E-state index is 0.120. The smallest absolute Gasteiger partial charge is 0.108 e. The maximum atomic E-state index is 7.69. The first-order valence-electron chi connectivity index (χ1n) is 6.45. The molecule has 0 radical (unpaired) electrons. The number of morpholine rings is 1. The zero-order valence-electron chi connectivity index (χ0n) is 10.1. The second kappa shape index (κ2) is 5.15. The van der Waals surface area contributed by atoms with Gasteiger partial charge in [0.05, 0.1) is 18.8 Å². The summed E-state index contributed by atoms with van der Waals surface area (Å²) in [5.74, 6) is 0.314. The Balaban J connectivity index is 2.09. The van der Waals surface area contributed by atoms with Gasteiger partial charge in [-0.15, -0.1) is 0 Å². The van der Waals surface area contributed by atoms with Crippen molar-refractivity contribution in [3.63, 3.8) is 0 Å². The van der Waals surface area contributed by atoms with Crippen LogP contribution in [0.2, 0.25) is 0 Å². The maximum absolute atomic E-state index is 7.69. The molecule has 1 aliphatic heterocycles. The van der Waals surface area contributed by atoms with Crippen molar-refractivity contribution in [3.8, 4) is 0 Å². The Morgan fingerprint density at radius 1 is 1.50 bits per heavy atom. The predicted octanol–water partition coefficient (Wildman–Crippen LogP) is 1.34. The fourth-order valence-corrected chi connectivity index (χ4v) is 3.15. The van der Waals surface area contributed by atoms with Gasteiger partial charge in [0.25, 0.3) is 0 Å². The number of ether oxygens (including phenoxy) is 1. The highest BCUT2D eigenvalue weighted by molar-refractivity contribution is 5.82. The van der Waals surface area contributed by atoms with E-state index in [1.807, 2.05) is 0 Å². The average Bonchev–Trinajstić information content (AvgIpc) is 2.30. The Labute approximate surface area is 97.6 Å². The molecule has 1 saturated heterocycles. The number of nitrogens with one attached hydrogen (secondary N) is 1. The van der Waals surface area contributed by atoms with E-state index in [1.165, 1.54) is 25.7 Å². The normalized spacial score (nSPS) is 33.1. The molecule has 2 rings (SSSR count). The first kappa shape index (κ1) is 11.9. The molecule has 2 aliphatic rings. The lowest BCUT2D eigenvalue weighted by Crippen LogP contribution is -2.59. The van der Waals surface area contributed by atoms with Crippen LogP contribution in [-0.2, 0) is 4.74 Å². The largest absolute Gasteiger partial charge is 0.386 e. The van der Waals surface area contributed by atoms with Crippen molar-refractivity contribution in [2.24, 2.45) is 5.73 Å². The summed E-state index contributed by atoms with van der Waals surface area (Å²) in [6.07, 6.45) is 6.26. The Morgan fingerprint density at radius 3 is 2.94 bits per heavy atom. The standard InChI is InChI=1S/C12H23N3O/c1-2-9(12(13)14)15-7-8-16-11-6-4-3-5-10(11)15/h9-11H,2-8H2,1H3,(H3,13,14). The SMILES string of the molecule is CCC(C(=N)N)N1CCOC2CCCCC21. The lowest BCUT2D eigenvalue weighted by Gasteiger charge is -2.46. The van der Waals surface area contributed by atoms with E-state index in [1.54, 1.807) is 0 Å². The van der Waals surface area contributed by atoms with Gasteiger partial charge in [0.15, 0.2) is 0 Å². The van der Waals surface area contributed by atoms with Crippen LogP contribution in [0.3, 0.4) is 0 Å². The van der Waals surface area contributed by atoms with Crippen molar-refractivity contribution in [1.82, 2.24) is 4.90 Å². The van der Waals surface area contributed by atoms with E-state index in [0.29, 0.717) is 18.0 Å². The van der Waals surface area contributed by atoms with Crippen molar-refractivity contribution >= 4 is 5.84 Å². The summed E-state index contributed by atoms with van der Waals surface area (Å²) in [7, 11) is 0. The van der Waals surface area contributed by atoms with Gasteiger partial charge in [0.1, 0.15) is 5.84 Å². The number of nitrogens with two attached hydrogens (primary N) is 1. The second-order valence-corrected chi connectivity index (χ2v) is 4.88. The molecule has 2 fully saturated rings. The molecular weight excluding hydrogens is 202 g/mol. The first-order valence-corrected chi connectivity index (χ1v) is 6.45. The Morgan fingerprint density at radius 2 is 2.25 bits per heavy atom. The van der Waals surface area contributed by atoms with Gasteiger partial charge >= 0.3 is 0 Å². The molecule has 16 heavy (non-hydrogen) atoms. The summed E-state index contributed by atoms with van der Waals surface area (Å²) in [5, 5.41) is 7.69. The molecule has 1 heterocycles. The number of hydrogen-bond donors (Lipinski definition) is 2. The van der Waals surface area contributed by atoms with Gasteiger partial charge in [-0.3, -0.25) is 10.3 Å². The molecular formula is C12H23N3O. The summed E-state index contributed by atoms with van der Waals surface area (Å²) < 4.78 is 5.83. The van der Waals surface area contributed by atoms with E-state index in [-0.39, 0.29) is 6.04 Å². The fourth-order valence-electron chi connectivity index (χ4n) is 3.15. The highest BCUT2D eigenvalue weighted by Gasteiger charge is 2.37. The minimum atomic E-state index is 0.120. The van der Waals surface area contributed by atoms with Crippen molar-refractivity contribution in [3.05, 3.63) is 0 Å². The van der Waals surface area contributed by atoms with Crippen LogP contribution in [0.15, 0.2) is 0 Å². The van der Waals surface area contributed by atoms with E-state index in [4.69, 9.17) is 15.9 Å². The van der Waals surface area contributed by atoms with Gasteiger partial charge in [0.2, 0.25) is 0 Å². The molecule has 1 saturated carbocycles. The molecule has 4 nitrogen and oxygen atoms in total. The molecule has 0 spiro atoms. The third kappa shape index (κ3) is 2.23. The number of fused-ring (bicyclic) bond motifs is 1. The summed E-state index contributed by atoms with van der Waals surface area (Å²) in [4.78, 5) is 2.41. The monoisotopic (exact) mass is 225 g/mol. The zero-order valence-corrected chi connectivity index (χ0v) is 10.1. The third-order valence-corrected chi connectivity index (χ3v) is 3.92. The number of amidine groups is 1. The van der Waals surface area contributed by atoms with E-state index in [2.05, 4.69) is 11.8 Å². The lowest BCUT2D eigenvalue weighted by molar-refractivity contribution is -0.0948. The Kier molecular flexibility index (Phi) is 3.82. The van der Waals surface area contributed by atoms with E-state index >= 15 is 0 Å². The number of rotatable bonds is 3. The van der Waals surface area contributed by atoms with Gasteiger partial charge < -0.3 is 10.5 Å². The van der Waals surface area contributed by atoms with Crippen LogP contribution in [0.25, 0.3) is 0 Å². The molecule has 4 heteroatoms. The molecule has 3 unspecified atom stereocenters. The highest BCUT2D eigenvalue weighted by Crippen LogP contribution is 2.30. The Bertz CT molecular complexity index is 255. The zero-order chi connectivity index (χ0) is 11.5. The Hall–Kier alpha value is -0.610. The van der Waals surface area contributed by atoms with Gasteiger partial charge in [-0.25, -0.2) is 0 Å². The van der Waals surface area contributed by atoms with Crippen LogP contribution < -0.4 is 5.73 Å². The molecule has 1 aliphatic carbocycles. The molecule has 0 aromatic heterocycles.